The molecule has 0 aliphatic rings. The number of carbonyl (C=O) groups is 1. The molecule has 14 heavy (non-hydrogen) atoms. The van der Waals surface area contributed by atoms with E-state index in [4.69, 9.17) is 7.85 Å². The normalized spacial score (nSPS) is 9.57. The summed E-state index contributed by atoms with van der Waals surface area (Å²) in [4.78, 5) is 21.4. The molecule has 1 aromatic rings. The molecule has 1 aromatic carbocycles. The Balaban J connectivity index is 3.42. The molecule has 0 bridgehead atoms. The van der Waals surface area contributed by atoms with Crippen LogP contribution in [0.3, 0.4) is 0 Å². The first-order valence-corrected chi connectivity index (χ1v) is 3.61. The number of methoxy groups -OCH3 is 1. The van der Waals surface area contributed by atoms with Gasteiger partial charge in [-0.25, -0.2) is 9.18 Å². The van der Waals surface area contributed by atoms with E-state index < -0.39 is 17.2 Å². The minimum absolute atomic E-state index is 0.240. The summed E-state index contributed by atoms with van der Waals surface area (Å²) in [7, 11) is 6.36. The topological polar surface area (TPSA) is 55.7 Å². The van der Waals surface area contributed by atoms with Crippen LogP contribution in [0.1, 0.15) is 10.4 Å². The van der Waals surface area contributed by atoms with Crippen LogP contribution in [0.15, 0.2) is 17.3 Å². The van der Waals surface area contributed by atoms with Crippen molar-refractivity contribution in [3.8, 4) is 0 Å². The second-order valence-corrected chi connectivity index (χ2v) is 2.44. The maximum atomic E-state index is 12.9. The van der Waals surface area contributed by atoms with Gasteiger partial charge in [-0.3, -0.25) is 0 Å². The van der Waals surface area contributed by atoms with E-state index in [1.807, 2.05) is 0 Å². The third-order valence-corrected chi connectivity index (χ3v) is 1.66. The van der Waals surface area contributed by atoms with E-state index in [-0.39, 0.29) is 11.3 Å². The van der Waals surface area contributed by atoms with Crippen LogP contribution < -0.4 is 5.46 Å². The average Bonchev–Trinajstić information content (AvgIpc) is 2.20. The Bertz CT molecular complexity index is 394. The molecule has 0 saturated heterocycles. The van der Waals surface area contributed by atoms with E-state index >= 15 is 0 Å². The lowest BCUT2D eigenvalue weighted by molar-refractivity contribution is 0.0603. The molecule has 0 fully saturated rings. The van der Waals surface area contributed by atoms with E-state index in [0.717, 1.165) is 19.2 Å². The first-order valence-electron chi connectivity index (χ1n) is 3.61. The van der Waals surface area contributed by atoms with Gasteiger partial charge in [0, 0.05) is 0 Å². The second kappa shape index (κ2) is 4.00. The van der Waals surface area contributed by atoms with Gasteiger partial charge in [0.2, 0.25) is 0 Å². The Morgan fingerprint density at radius 1 is 1.57 bits per heavy atom. The van der Waals surface area contributed by atoms with E-state index in [9.17, 15) is 14.1 Å². The molecule has 0 amide bonds. The van der Waals surface area contributed by atoms with E-state index in [1.54, 1.807) is 0 Å². The third kappa shape index (κ3) is 1.64. The fourth-order valence-corrected chi connectivity index (χ4v) is 0.975. The van der Waals surface area contributed by atoms with Crippen LogP contribution in [0.4, 0.5) is 10.1 Å². The summed E-state index contributed by atoms with van der Waals surface area (Å²) in [6, 6.07) is 2.02. The first kappa shape index (κ1) is 10.4. The Labute approximate surface area is 80.4 Å². The maximum absolute atomic E-state index is 12.9. The van der Waals surface area contributed by atoms with Gasteiger partial charge < -0.3 is 4.74 Å². The number of benzene rings is 1. The molecule has 2 radical (unpaired) electrons. The number of esters is 1. The van der Waals surface area contributed by atoms with Crippen LogP contribution in [-0.4, -0.2) is 20.9 Å². The van der Waals surface area contributed by atoms with Crippen molar-refractivity contribution in [2.24, 2.45) is 5.18 Å². The summed E-state index contributed by atoms with van der Waals surface area (Å²) in [5.74, 6) is -1.69. The molecule has 0 heterocycles. The lowest BCUT2D eigenvalue weighted by Gasteiger charge is -2.06. The molecule has 70 valence electrons. The van der Waals surface area contributed by atoms with Gasteiger partial charge in [-0.05, 0) is 22.8 Å². The smallest absolute Gasteiger partial charge is 0.339 e. The number of nitrogens with zero attached hydrogens (tertiary/aromatic N) is 1. The molecular weight excluding hydrogens is 188 g/mol. The van der Waals surface area contributed by atoms with Gasteiger partial charge in [0.1, 0.15) is 19.4 Å². The van der Waals surface area contributed by atoms with E-state index in [0.29, 0.717) is 0 Å². The Morgan fingerprint density at radius 2 is 2.21 bits per heavy atom. The number of rotatable bonds is 2. The van der Waals surface area contributed by atoms with E-state index in [1.165, 1.54) is 0 Å². The quantitative estimate of drug-likeness (QED) is 0.396. The minimum atomic E-state index is -0.892. The molecule has 0 aliphatic carbocycles. The number of halogens is 1. The molecule has 0 spiro atoms. The van der Waals surface area contributed by atoms with Crippen molar-refractivity contribution in [1.29, 1.82) is 0 Å². The largest absolute Gasteiger partial charge is 0.465 e. The van der Waals surface area contributed by atoms with Gasteiger partial charge in [0.15, 0.2) is 0 Å². The molecular formula is C8H5BFNO3. The van der Waals surface area contributed by atoms with Crippen molar-refractivity contribution >= 4 is 25.0 Å². The molecule has 4 nitrogen and oxygen atoms in total. The van der Waals surface area contributed by atoms with Gasteiger partial charge in [-0.1, -0.05) is 0 Å². The molecule has 0 saturated carbocycles. The van der Waals surface area contributed by atoms with Crippen LogP contribution in [0.25, 0.3) is 0 Å². The van der Waals surface area contributed by atoms with Crippen LogP contribution in [0, 0.1) is 10.7 Å². The molecule has 0 unspecified atom stereocenters. The highest BCUT2D eigenvalue weighted by molar-refractivity contribution is 6.37. The second-order valence-electron chi connectivity index (χ2n) is 2.44. The Kier molecular flexibility index (Phi) is 2.96. The van der Waals surface area contributed by atoms with Crippen molar-refractivity contribution < 1.29 is 13.9 Å². The Morgan fingerprint density at radius 3 is 2.71 bits per heavy atom. The van der Waals surface area contributed by atoms with Crippen molar-refractivity contribution in [3.05, 3.63) is 28.4 Å². The summed E-state index contributed by atoms with van der Waals surface area (Å²) >= 11 is 0. The molecule has 0 aromatic heterocycles. The zero-order valence-electron chi connectivity index (χ0n) is 7.28. The third-order valence-electron chi connectivity index (χ3n) is 1.66. The molecule has 0 N–H and O–H groups in total. The van der Waals surface area contributed by atoms with Crippen LogP contribution in [-0.2, 0) is 4.74 Å². The van der Waals surface area contributed by atoms with Crippen molar-refractivity contribution in [2.75, 3.05) is 7.11 Å². The summed E-state index contributed by atoms with van der Waals surface area (Å²) in [5, 5.41) is 2.54. The number of hydrogen-bond donors (Lipinski definition) is 0. The highest BCUT2D eigenvalue weighted by Gasteiger charge is 2.17. The van der Waals surface area contributed by atoms with Crippen molar-refractivity contribution in [3.63, 3.8) is 0 Å². The number of carbonyl (C=O) groups excluding carboxylic acids is 1. The summed E-state index contributed by atoms with van der Waals surface area (Å²) in [5.41, 5.74) is -1.02. The summed E-state index contributed by atoms with van der Waals surface area (Å²) in [6.07, 6.45) is 0. The van der Waals surface area contributed by atoms with Gasteiger partial charge in [-0.15, -0.1) is 4.91 Å². The number of ether oxygens (including phenoxy) is 1. The predicted octanol–water partition coefficient (Wildman–Crippen LogP) is 0.804. The fraction of sp³-hybridized carbons (Fsp3) is 0.125. The summed E-state index contributed by atoms with van der Waals surface area (Å²) < 4.78 is 17.2. The van der Waals surface area contributed by atoms with Crippen molar-refractivity contribution in [1.82, 2.24) is 0 Å². The zero-order chi connectivity index (χ0) is 10.7. The average molecular weight is 193 g/mol. The Hall–Kier alpha value is -1.72. The SMILES string of the molecule is [B]c1c(F)ccc(N=O)c1C(=O)OC. The van der Waals surface area contributed by atoms with Crippen LogP contribution in [0.2, 0.25) is 0 Å². The standard InChI is InChI=1S/C8H5BFNO3/c1-14-8(12)6-5(11-13)3-2-4(10)7(6)9/h2-3H,1H3. The maximum Gasteiger partial charge on any atom is 0.339 e. The van der Waals surface area contributed by atoms with Crippen LogP contribution in [0.5, 0.6) is 0 Å². The molecule has 0 atom stereocenters. The van der Waals surface area contributed by atoms with Crippen molar-refractivity contribution in [2.45, 2.75) is 0 Å². The predicted molar refractivity (Wildman–Crippen MR) is 48.6 cm³/mol. The first-order chi connectivity index (χ1) is 6.61. The molecule has 6 heteroatoms. The minimum Gasteiger partial charge on any atom is -0.465 e. The highest BCUT2D eigenvalue weighted by atomic mass is 19.1. The number of nitroso groups, excluding NO2 is 1. The lowest BCUT2D eigenvalue weighted by atomic mass is 9.89. The monoisotopic (exact) mass is 193 g/mol. The van der Waals surface area contributed by atoms with Gasteiger partial charge in [0.25, 0.3) is 0 Å². The van der Waals surface area contributed by atoms with Crippen LogP contribution >= 0.6 is 0 Å². The van der Waals surface area contributed by atoms with E-state index in [2.05, 4.69) is 9.91 Å². The van der Waals surface area contributed by atoms with Gasteiger partial charge in [0.05, 0.1) is 12.7 Å². The number of hydrogen-bond acceptors (Lipinski definition) is 4. The lowest BCUT2D eigenvalue weighted by Crippen LogP contribution is -2.20. The molecule has 1 rings (SSSR count). The molecule has 0 aliphatic heterocycles. The highest BCUT2D eigenvalue weighted by Crippen LogP contribution is 2.18. The fourth-order valence-electron chi connectivity index (χ4n) is 0.975. The van der Waals surface area contributed by atoms with Gasteiger partial charge in [-0.2, -0.15) is 0 Å². The van der Waals surface area contributed by atoms with Gasteiger partial charge >= 0.3 is 5.97 Å². The zero-order valence-corrected chi connectivity index (χ0v) is 7.28. The summed E-state index contributed by atoms with van der Waals surface area (Å²) in [6.45, 7) is 0.